The summed E-state index contributed by atoms with van der Waals surface area (Å²) in [5.74, 6) is 1.70. The highest BCUT2D eigenvalue weighted by Crippen LogP contribution is 2.35. The van der Waals surface area contributed by atoms with Gasteiger partial charge in [0.1, 0.15) is 6.10 Å². The molecule has 1 aliphatic carbocycles. The van der Waals surface area contributed by atoms with Crippen molar-refractivity contribution in [2.75, 3.05) is 6.54 Å². The molecule has 0 saturated heterocycles. The quantitative estimate of drug-likeness (QED) is 0.768. The number of hydrogen-bond donors (Lipinski definition) is 1. The molecule has 0 radical (unpaired) electrons. The van der Waals surface area contributed by atoms with E-state index in [0.29, 0.717) is 30.3 Å². The van der Waals surface area contributed by atoms with E-state index >= 15 is 0 Å². The zero-order chi connectivity index (χ0) is 13.7. The molecule has 0 aromatic heterocycles. The maximum Gasteiger partial charge on any atom is 0.320 e. The van der Waals surface area contributed by atoms with Gasteiger partial charge in [-0.05, 0) is 30.6 Å². The molecule has 1 saturated carbocycles. The molecule has 1 rings (SSSR count). The molecule has 0 spiro atoms. The lowest BCUT2D eigenvalue weighted by Gasteiger charge is -2.36. The zero-order valence-corrected chi connectivity index (χ0v) is 12.5. The summed E-state index contributed by atoms with van der Waals surface area (Å²) in [5, 5.41) is 3.12. The average molecular weight is 255 g/mol. The molecule has 106 valence electrons. The fourth-order valence-corrected chi connectivity index (χ4v) is 2.75. The van der Waals surface area contributed by atoms with Gasteiger partial charge in [0.2, 0.25) is 0 Å². The van der Waals surface area contributed by atoms with Gasteiger partial charge in [0.25, 0.3) is 0 Å². The number of hydrogen-bond acceptors (Lipinski definition) is 3. The van der Waals surface area contributed by atoms with Gasteiger partial charge in [-0.2, -0.15) is 0 Å². The molecule has 0 heterocycles. The van der Waals surface area contributed by atoms with Crippen molar-refractivity contribution >= 4 is 5.97 Å². The van der Waals surface area contributed by atoms with Gasteiger partial charge in [-0.15, -0.1) is 0 Å². The first-order chi connectivity index (χ1) is 8.40. The second kappa shape index (κ2) is 7.13. The van der Waals surface area contributed by atoms with Gasteiger partial charge in [-0.25, -0.2) is 0 Å². The fraction of sp³-hybridized carbons (Fsp3) is 0.933. The van der Waals surface area contributed by atoms with Crippen LogP contribution in [0.25, 0.3) is 0 Å². The predicted octanol–water partition coefficient (Wildman–Crippen LogP) is 2.99. The highest BCUT2D eigenvalue weighted by atomic mass is 16.5. The summed E-state index contributed by atoms with van der Waals surface area (Å²) in [5.41, 5.74) is 0. The molecule has 3 heteroatoms. The molecule has 1 aliphatic rings. The van der Waals surface area contributed by atoms with Gasteiger partial charge in [-0.1, -0.05) is 41.0 Å². The normalized spacial score (nSPS) is 28.7. The van der Waals surface area contributed by atoms with E-state index in [1.807, 2.05) is 13.8 Å². The van der Waals surface area contributed by atoms with Crippen molar-refractivity contribution in [1.29, 1.82) is 0 Å². The second-order valence-electron chi connectivity index (χ2n) is 6.39. The van der Waals surface area contributed by atoms with E-state index in [-0.39, 0.29) is 12.1 Å². The molecule has 18 heavy (non-hydrogen) atoms. The molecule has 1 fully saturated rings. The van der Waals surface area contributed by atoms with Crippen molar-refractivity contribution in [1.82, 2.24) is 5.32 Å². The van der Waals surface area contributed by atoms with E-state index in [1.54, 1.807) is 0 Å². The Morgan fingerprint density at radius 1 is 1.28 bits per heavy atom. The summed E-state index contributed by atoms with van der Waals surface area (Å²) in [4.78, 5) is 11.8. The third kappa shape index (κ3) is 4.97. The number of carbonyl (C=O) groups is 1. The molecule has 3 nitrogen and oxygen atoms in total. The molecule has 0 amide bonds. The maximum atomic E-state index is 11.8. The largest absolute Gasteiger partial charge is 0.461 e. The number of nitrogens with one attached hydrogen (secondary N) is 1. The first-order valence-corrected chi connectivity index (χ1v) is 7.33. The van der Waals surface area contributed by atoms with Gasteiger partial charge in [-0.3, -0.25) is 4.79 Å². The minimum Gasteiger partial charge on any atom is -0.461 e. The molecule has 3 atom stereocenters. The van der Waals surface area contributed by atoms with E-state index < -0.39 is 0 Å². The van der Waals surface area contributed by atoms with E-state index in [4.69, 9.17) is 4.74 Å². The van der Waals surface area contributed by atoms with Crippen LogP contribution in [0.15, 0.2) is 0 Å². The van der Waals surface area contributed by atoms with Crippen LogP contribution in [0.2, 0.25) is 0 Å². The van der Waals surface area contributed by atoms with Crippen molar-refractivity contribution < 1.29 is 9.53 Å². The lowest BCUT2D eigenvalue weighted by atomic mass is 9.75. The minimum atomic E-state index is -0.103. The molecule has 0 aromatic carbocycles. The minimum absolute atomic E-state index is 0.103. The highest BCUT2D eigenvalue weighted by molar-refractivity contribution is 5.71. The molecule has 0 aliphatic heterocycles. The number of carbonyl (C=O) groups excluding carboxylic acids is 1. The summed E-state index contributed by atoms with van der Waals surface area (Å²) < 4.78 is 5.68. The van der Waals surface area contributed by atoms with Gasteiger partial charge in [0, 0.05) is 6.04 Å². The smallest absolute Gasteiger partial charge is 0.320 e. The molecule has 0 aromatic rings. The first kappa shape index (κ1) is 15.5. The topological polar surface area (TPSA) is 38.3 Å². The Labute approximate surface area is 112 Å². The predicted molar refractivity (Wildman–Crippen MR) is 74.4 cm³/mol. The lowest BCUT2D eigenvalue weighted by molar-refractivity contribution is -0.154. The van der Waals surface area contributed by atoms with Gasteiger partial charge in [0.05, 0.1) is 6.54 Å². The SMILES string of the molecule is CC1CCC(C(C)C)C(OC(=O)CNC(C)C)C1. The average Bonchev–Trinajstić information content (AvgIpc) is 2.26. The molecule has 0 bridgehead atoms. The van der Waals surface area contributed by atoms with Gasteiger partial charge in [0.15, 0.2) is 0 Å². The van der Waals surface area contributed by atoms with Crippen LogP contribution < -0.4 is 5.32 Å². The van der Waals surface area contributed by atoms with Crippen molar-refractivity contribution in [2.45, 2.75) is 66.0 Å². The van der Waals surface area contributed by atoms with Crippen molar-refractivity contribution in [3.05, 3.63) is 0 Å². The Bertz CT molecular complexity index is 263. The van der Waals surface area contributed by atoms with Crippen LogP contribution in [0.1, 0.15) is 53.9 Å². The standard InChI is InChI=1S/C15H29NO2/c1-10(2)13-7-6-12(5)8-14(13)18-15(17)9-16-11(3)4/h10-14,16H,6-9H2,1-5H3. The van der Waals surface area contributed by atoms with Crippen molar-refractivity contribution in [3.63, 3.8) is 0 Å². The number of rotatable bonds is 5. The Morgan fingerprint density at radius 3 is 2.50 bits per heavy atom. The summed E-state index contributed by atoms with van der Waals surface area (Å²) >= 11 is 0. The first-order valence-electron chi connectivity index (χ1n) is 7.33. The Balaban J connectivity index is 2.47. The Morgan fingerprint density at radius 2 is 1.94 bits per heavy atom. The van der Waals surface area contributed by atoms with E-state index in [0.717, 1.165) is 6.42 Å². The summed E-state index contributed by atoms with van der Waals surface area (Å²) in [6.45, 7) is 11.1. The Kier molecular flexibility index (Phi) is 6.13. The lowest BCUT2D eigenvalue weighted by Crippen LogP contribution is -2.39. The summed E-state index contributed by atoms with van der Waals surface area (Å²) in [6, 6.07) is 0.323. The van der Waals surface area contributed by atoms with Crippen molar-refractivity contribution in [2.24, 2.45) is 17.8 Å². The van der Waals surface area contributed by atoms with Crippen LogP contribution in [0.3, 0.4) is 0 Å². The van der Waals surface area contributed by atoms with Crippen LogP contribution in [-0.2, 0) is 9.53 Å². The molecule has 1 N–H and O–H groups in total. The fourth-order valence-electron chi connectivity index (χ4n) is 2.75. The van der Waals surface area contributed by atoms with E-state index in [1.165, 1.54) is 12.8 Å². The Hall–Kier alpha value is -0.570. The van der Waals surface area contributed by atoms with Crippen molar-refractivity contribution in [3.8, 4) is 0 Å². The molecular formula is C15H29NO2. The van der Waals surface area contributed by atoms with Crippen LogP contribution in [0.4, 0.5) is 0 Å². The monoisotopic (exact) mass is 255 g/mol. The highest BCUT2D eigenvalue weighted by Gasteiger charge is 2.33. The summed E-state index contributed by atoms with van der Waals surface area (Å²) in [7, 11) is 0. The molecule has 3 unspecified atom stereocenters. The third-order valence-electron chi connectivity index (χ3n) is 3.90. The second-order valence-corrected chi connectivity index (χ2v) is 6.39. The van der Waals surface area contributed by atoms with Crippen LogP contribution >= 0.6 is 0 Å². The van der Waals surface area contributed by atoms with E-state index in [9.17, 15) is 4.79 Å². The zero-order valence-electron chi connectivity index (χ0n) is 12.5. The number of esters is 1. The van der Waals surface area contributed by atoms with Crippen LogP contribution in [0, 0.1) is 17.8 Å². The van der Waals surface area contributed by atoms with Crippen LogP contribution in [-0.4, -0.2) is 24.7 Å². The van der Waals surface area contributed by atoms with E-state index in [2.05, 4.69) is 26.1 Å². The van der Waals surface area contributed by atoms with Gasteiger partial charge < -0.3 is 10.1 Å². The summed E-state index contributed by atoms with van der Waals surface area (Å²) in [6.07, 6.45) is 3.60. The van der Waals surface area contributed by atoms with Gasteiger partial charge >= 0.3 is 5.97 Å². The van der Waals surface area contributed by atoms with Crippen LogP contribution in [0.5, 0.6) is 0 Å². The third-order valence-corrected chi connectivity index (χ3v) is 3.90. The number of ether oxygens (including phenoxy) is 1. The molecular weight excluding hydrogens is 226 g/mol. The maximum absolute atomic E-state index is 11.8.